The Labute approximate surface area is 165 Å². The molecule has 27 heavy (non-hydrogen) atoms. The first kappa shape index (κ1) is 18.7. The lowest BCUT2D eigenvalue weighted by Gasteiger charge is -2.09. The van der Waals surface area contributed by atoms with Crippen LogP contribution in [0.15, 0.2) is 65.1 Å². The number of fused-ring (bicyclic) bond motifs is 1. The maximum absolute atomic E-state index is 12.1. The molecule has 3 aromatic carbocycles. The summed E-state index contributed by atoms with van der Waals surface area (Å²) in [6.45, 7) is -0.0969. The number of rotatable bonds is 5. The highest BCUT2D eigenvalue weighted by atomic mass is 79.9. The maximum Gasteiger partial charge on any atom is 0.318 e. The highest BCUT2D eigenvalue weighted by Gasteiger charge is 2.06. The van der Waals surface area contributed by atoms with Crippen LogP contribution in [0, 0.1) is 0 Å². The molecule has 0 bridgehead atoms. The zero-order valence-electron chi connectivity index (χ0n) is 14.6. The van der Waals surface area contributed by atoms with E-state index >= 15 is 0 Å². The van der Waals surface area contributed by atoms with E-state index in [1.54, 1.807) is 31.3 Å². The van der Waals surface area contributed by atoms with Crippen LogP contribution in [0.4, 0.5) is 16.2 Å². The molecule has 0 aliphatic heterocycles. The van der Waals surface area contributed by atoms with Gasteiger partial charge >= 0.3 is 6.03 Å². The fraction of sp³-hybridized carbons (Fsp3) is 0.100. The summed E-state index contributed by atoms with van der Waals surface area (Å²) >= 11 is 3.44. The number of carbonyl (C=O) groups is 2. The van der Waals surface area contributed by atoms with Gasteiger partial charge in [0.25, 0.3) is 5.91 Å². The summed E-state index contributed by atoms with van der Waals surface area (Å²) in [6, 6.07) is 18.2. The molecule has 138 valence electrons. The molecule has 7 heteroatoms. The van der Waals surface area contributed by atoms with Crippen LogP contribution < -0.4 is 20.7 Å². The number of urea groups is 1. The smallest absolute Gasteiger partial charge is 0.318 e. The number of amides is 3. The zero-order chi connectivity index (χ0) is 19.2. The predicted octanol–water partition coefficient (Wildman–Crippen LogP) is 4.37. The number of anilines is 2. The second-order valence-corrected chi connectivity index (χ2v) is 6.69. The van der Waals surface area contributed by atoms with Gasteiger partial charge in [-0.05, 0) is 59.3 Å². The van der Waals surface area contributed by atoms with Crippen LogP contribution in [0.25, 0.3) is 10.8 Å². The summed E-state index contributed by atoms with van der Waals surface area (Å²) in [6.07, 6.45) is 0. The monoisotopic (exact) mass is 427 g/mol. The summed E-state index contributed by atoms with van der Waals surface area (Å²) in [7, 11) is 1.54. The lowest BCUT2D eigenvalue weighted by atomic mass is 10.1. The standard InChI is InChI=1S/C20H18BrN3O3/c1-22-20(26)24-17-7-5-16(6-8-17)23-19(25)12-27-18-9-3-13-10-15(21)4-2-14(13)11-18/h2-11H,12H2,1H3,(H,23,25)(H2,22,24,26). The van der Waals surface area contributed by atoms with E-state index in [4.69, 9.17) is 4.74 Å². The van der Waals surface area contributed by atoms with Crippen molar-refractivity contribution in [1.29, 1.82) is 0 Å². The van der Waals surface area contributed by atoms with Gasteiger partial charge in [-0.3, -0.25) is 4.79 Å². The number of halogens is 1. The van der Waals surface area contributed by atoms with Crippen LogP contribution in [0.5, 0.6) is 5.75 Å². The van der Waals surface area contributed by atoms with Gasteiger partial charge in [-0.25, -0.2) is 4.79 Å². The van der Waals surface area contributed by atoms with Crippen molar-refractivity contribution < 1.29 is 14.3 Å². The van der Waals surface area contributed by atoms with E-state index in [1.807, 2.05) is 36.4 Å². The number of ether oxygens (including phenoxy) is 1. The van der Waals surface area contributed by atoms with Gasteiger partial charge in [0, 0.05) is 22.9 Å². The third-order valence-electron chi connectivity index (χ3n) is 3.80. The van der Waals surface area contributed by atoms with Crippen LogP contribution >= 0.6 is 15.9 Å². The van der Waals surface area contributed by atoms with E-state index in [2.05, 4.69) is 31.9 Å². The number of benzene rings is 3. The fourth-order valence-corrected chi connectivity index (χ4v) is 2.84. The first-order chi connectivity index (χ1) is 13.0. The van der Waals surface area contributed by atoms with Crippen molar-refractivity contribution in [1.82, 2.24) is 5.32 Å². The molecule has 0 fully saturated rings. The van der Waals surface area contributed by atoms with Gasteiger partial charge in [0.05, 0.1) is 0 Å². The van der Waals surface area contributed by atoms with Gasteiger partial charge in [-0.15, -0.1) is 0 Å². The zero-order valence-corrected chi connectivity index (χ0v) is 16.2. The Morgan fingerprint density at radius 3 is 2.22 bits per heavy atom. The van der Waals surface area contributed by atoms with Crippen LogP contribution in [0.1, 0.15) is 0 Å². The molecule has 3 rings (SSSR count). The molecular formula is C20H18BrN3O3. The van der Waals surface area contributed by atoms with E-state index in [0.29, 0.717) is 17.1 Å². The Morgan fingerprint density at radius 1 is 0.889 bits per heavy atom. The average molecular weight is 428 g/mol. The van der Waals surface area contributed by atoms with Crippen molar-refractivity contribution in [3.8, 4) is 5.75 Å². The minimum Gasteiger partial charge on any atom is -0.484 e. The molecule has 0 unspecified atom stereocenters. The largest absolute Gasteiger partial charge is 0.484 e. The molecule has 0 aliphatic carbocycles. The van der Waals surface area contributed by atoms with Gasteiger partial charge in [-0.2, -0.15) is 0 Å². The first-order valence-electron chi connectivity index (χ1n) is 8.24. The third kappa shape index (κ3) is 5.21. The quantitative estimate of drug-likeness (QED) is 0.565. The van der Waals surface area contributed by atoms with Crippen LogP contribution in [0.3, 0.4) is 0 Å². The van der Waals surface area contributed by atoms with Crippen LogP contribution in [-0.2, 0) is 4.79 Å². The number of carbonyl (C=O) groups excluding carboxylic acids is 2. The van der Waals surface area contributed by atoms with Gasteiger partial charge in [0.15, 0.2) is 6.61 Å². The van der Waals surface area contributed by atoms with E-state index in [-0.39, 0.29) is 18.5 Å². The van der Waals surface area contributed by atoms with E-state index in [1.165, 1.54) is 0 Å². The molecule has 3 N–H and O–H groups in total. The van der Waals surface area contributed by atoms with Crippen LogP contribution in [-0.4, -0.2) is 25.6 Å². The predicted molar refractivity (Wildman–Crippen MR) is 110 cm³/mol. The normalized spacial score (nSPS) is 10.3. The van der Waals surface area contributed by atoms with Crippen molar-refractivity contribution in [2.75, 3.05) is 24.3 Å². The second kappa shape index (κ2) is 8.55. The molecular weight excluding hydrogens is 410 g/mol. The molecule has 0 atom stereocenters. The Kier molecular flexibility index (Phi) is 5.93. The molecule has 0 heterocycles. The molecule has 0 radical (unpaired) electrons. The van der Waals surface area contributed by atoms with Crippen molar-refractivity contribution >= 4 is 50.0 Å². The summed E-state index contributed by atoms with van der Waals surface area (Å²) in [5, 5.41) is 9.99. The molecule has 3 aromatic rings. The molecule has 6 nitrogen and oxygen atoms in total. The highest BCUT2D eigenvalue weighted by Crippen LogP contribution is 2.24. The molecule has 0 saturated heterocycles. The Bertz CT molecular complexity index is 974. The first-order valence-corrected chi connectivity index (χ1v) is 9.03. The summed E-state index contributed by atoms with van der Waals surface area (Å²) in [4.78, 5) is 23.3. The third-order valence-corrected chi connectivity index (χ3v) is 4.29. The Morgan fingerprint density at radius 2 is 1.52 bits per heavy atom. The minimum atomic E-state index is -0.303. The minimum absolute atomic E-state index is 0.0969. The fourth-order valence-electron chi connectivity index (χ4n) is 2.46. The molecule has 0 aromatic heterocycles. The lowest BCUT2D eigenvalue weighted by molar-refractivity contribution is -0.118. The maximum atomic E-state index is 12.1. The van der Waals surface area contributed by atoms with E-state index < -0.39 is 0 Å². The Balaban J connectivity index is 1.55. The van der Waals surface area contributed by atoms with Crippen molar-refractivity contribution in [3.05, 3.63) is 65.1 Å². The molecule has 0 saturated carbocycles. The van der Waals surface area contributed by atoms with Crippen molar-refractivity contribution in [2.45, 2.75) is 0 Å². The van der Waals surface area contributed by atoms with Gasteiger partial charge in [-0.1, -0.05) is 28.1 Å². The van der Waals surface area contributed by atoms with Crippen molar-refractivity contribution in [2.24, 2.45) is 0 Å². The average Bonchev–Trinajstić information content (AvgIpc) is 2.67. The van der Waals surface area contributed by atoms with Crippen molar-refractivity contribution in [3.63, 3.8) is 0 Å². The summed E-state index contributed by atoms with van der Waals surface area (Å²) in [5.74, 6) is 0.364. The van der Waals surface area contributed by atoms with E-state index in [9.17, 15) is 9.59 Å². The Hall–Kier alpha value is -3.06. The highest BCUT2D eigenvalue weighted by molar-refractivity contribution is 9.10. The van der Waals surface area contributed by atoms with Gasteiger partial charge in [0.1, 0.15) is 5.75 Å². The van der Waals surface area contributed by atoms with Gasteiger partial charge in [0.2, 0.25) is 0 Å². The van der Waals surface area contributed by atoms with E-state index in [0.717, 1.165) is 15.2 Å². The summed E-state index contributed by atoms with van der Waals surface area (Å²) in [5.41, 5.74) is 1.25. The molecule has 0 aliphatic rings. The SMILES string of the molecule is CNC(=O)Nc1ccc(NC(=O)COc2ccc3cc(Br)ccc3c2)cc1. The topological polar surface area (TPSA) is 79.5 Å². The second-order valence-electron chi connectivity index (χ2n) is 5.77. The molecule has 0 spiro atoms. The lowest BCUT2D eigenvalue weighted by Crippen LogP contribution is -2.24. The van der Waals surface area contributed by atoms with Gasteiger partial charge < -0.3 is 20.7 Å². The van der Waals surface area contributed by atoms with Crippen LogP contribution in [0.2, 0.25) is 0 Å². The number of hydrogen-bond donors (Lipinski definition) is 3. The number of hydrogen-bond acceptors (Lipinski definition) is 3. The molecule has 3 amide bonds. The summed E-state index contributed by atoms with van der Waals surface area (Å²) < 4.78 is 6.59. The number of nitrogens with one attached hydrogen (secondary N) is 3.